The summed E-state index contributed by atoms with van der Waals surface area (Å²) in [6, 6.07) is 0. The molecule has 0 spiro atoms. The topological polar surface area (TPSA) is 314 Å². The first kappa shape index (κ1) is 471. The van der Waals surface area contributed by atoms with Crippen molar-refractivity contribution in [3.05, 3.63) is 0 Å². The zero-order chi connectivity index (χ0) is 0. The number of rotatable bonds is 0. The average Bonchev–Trinajstić information content (AvgIpc) is 0. The van der Waals surface area contributed by atoms with Crippen molar-refractivity contribution < 1.29 is 104 Å². The van der Waals surface area contributed by atoms with Crippen molar-refractivity contribution in [1.29, 1.82) is 0 Å². The number of hydrogen-bond donors (Lipinski definition) is 0. The second kappa shape index (κ2) is 406. The maximum Gasteiger partial charge on any atom is 4.00 e. The van der Waals surface area contributed by atoms with Gasteiger partial charge in [-0.1, -0.05) is 0 Å². The van der Waals surface area contributed by atoms with E-state index in [1.807, 2.05) is 0 Å². The Labute approximate surface area is 200 Å². The molecule has 0 amide bonds. The van der Waals surface area contributed by atoms with Crippen LogP contribution < -0.4 is 0 Å². The molecule has 0 aromatic rings. The van der Waals surface area contributed by atoms with Gasteiger partial charge in [-0.3, -0.25) is 0 Å². The number of hydrogen-bond acceptors (Lipinski definition) is 0. The van der Waals surface area contributed by atoms with Gasteiger partial charge >= 0.3 is 143 Å². The van der Waals surface area contributed by atoms with Crippen LogP contribution in [0.25, 0.3) is 0 Å². The molecule has 0 heterocycles. The van der Waals surface area contributed by atoms with Crippen LogP contribution in [0.15, 0.2) is 0 Å². The van der Waals surface area contributed by atoms with Gasteiger partial charge < -0.3 is 60.2 Å². The van der Waals surface area contributed by atoms with E-state index in [2.05, 4.69) is 0 Å². The summed E-state index contributed by atoms with van der Waals surface area (Å²) in [5.41, 5.74) is 0. The first-order chi connectivity index (χ1) is 0. The Hall–Kier alpha value is 4.33. The second-order valence-electron chi connectivity index (χ2n) is 0. The largest absolute Gasteiger partial charge is 4.00 e. The van der Waals surface area contributed by atoms with E-state index < -0.39 is 0 Å². The molecule has 88 valence electrons. The van der Waals surface area contributed by atoms with Gasteiger partial charge in [0.1, 0.15) is 0 Å². The van der Waals surface area contributed by atoms with Crippen LogP contribution in [-0.4, -0.2) is 99.5 Å². The molecular weight excluding hydrogens is 739 g/mol. The van der Waals surface area contributed by atoms with Crippen LogP contribution in [0.1, 0.15) is 0 Å². The molecule has 17 heavy (non-hydrogen) atoms. The van der Waals surface area contributed by atoms with Gasteiger partial charge in [0.25, 0.3) is 0 Å². The predicted octanol–water partition coefficient (Wildman–Crippen LogP) is -2.83. The van der Waals surface area contributed by atoms with Crippen LogP contribution in [0.4, 0.5) is 0 Å². The fourth-order valence-electron chi connectivity index (χ4n) is 0. The van der Waals surface area contributed by atoms with Crippen molar-refractivity contribution in [2.75, 3.05) is 0 Å². The van der Waals surface area contributed by atoms with Gasteiger partial charge in [-0.05, 0) is 0 Å². The third-order valence-corrected chi connectivity index (χ3v) is 0. The molecule has 0 radical (unpaired) electrons. The van der Waals surface area contributed by atoms with Crippen molar-refractivity contribution in [2.45, 2.75) is 0 Å². The van der Waals surface area contributed by atoms with E-state index in [0.29, 0.717) is 0 Å². The molecule has 0 fully saturated rings. The molecule has 11 nitrogen and oxygen atoms in total. The van der Waals surface area contributed by atoms with Gasteiger partial charge in [-0.25, -0.2) is 0 Å². The van der Waals surface area contributed by atoms with Crippen LogP contribution >= 0.6 is 0 Å². The van der Waals surface area contributed by atoms with Gasteiger partial charge in [-0.15, -0.1) is 0 Å². The van der Waals surface area contributed by atoms with Crippen molar-refractivity contribution in [1.82, 2.24) is 0 Å². The average molecular weight is 739 g/mol. The molecule has 0 saturated carbocycles. The fraction of sp³-hybridized carbons (Fsp3) is 0. The summed E-state index contributed by atoms with van der Waals surface area (Å²) in [4.78, 5) is 0. The van der Waals surface area contributed by atoms with Gasteiger partial charge in [-0.2, -0.15) is 0 Å². The summed E-state index contributed by atoms with van der Waals surface area (Å²) in [7, 11) is 0. The molecule has 0 rings (SSSR count). The molecule has 0 unspecified atom stereocenters. The Morgan fingerprint density at radius 2 is 0.235 bits per heavy atom. The normalized spacial score (nSPS) is 0. The zero-order valence-electron chi connectivity index (χ0n) is 7.65. The summed E-state index contributed by atoms with van der Waals surface area (Å²) in [6.07, 6.45) is 0. The van der Waals surface area contributed by atoms with Crippen LogP contribution in [0, 0.1) is 0 Å². The molecule has 0 aliphatic heterocycles. The van der Waals surface area contributed by atoms with E-state index in [1.54, 1.807) is 0 Å². The van der Waals surface area contributed by atoms with E-state index in [1.165, 1.54) is 0 Å². The molecule has 0 aromatic heterocycles. The third-order valence-electron chi connectivity index (χ3n) is 0. The second-order valence-corrected chi connectivity index (χ2v) is 0. The van der Waals surface area contributed by atoms with E-state index in [-0.39, 0.29) is 203 Å². The van der Waals surface area contributed by atoms with Gasteiger partial charge in [0, 0.05) is 0 Å². The summed E-state index contributed by atoms with van der Waals surface area (Å²) < 4.78 is 0. The van der Waals surface area contributed by atoms with Crippen molar-refractivity contribution in [2.24, 2.45) is 0 Å². The maximum absolute atomic E-state index is 0. The van der Waals surface area contributed by atoms with Crippen LogP contribution in [0.5, 0.6) is 0 Å². The van der Waals surface area contributed by atoms with E-state index in [0.717, 1.165) is 0 Å². The SMILES string of the molecule is [In+3].[In+3].[O-2].[O-2].[O-2].[O-2].[O-2].[O-2].[O-2].[O-2].[O-2].[O-2].[O-2].[Sn+4].[Sn+4].[Ti+4].[Ti+4]. The Morgan fingerprint density at radius 3 is 0.235 bits per heavy atom. The van der Waals surface area contributed by atoms with Crippen LogP contribution in [0.3, 0.4) is 0 Å². The standard InChI is InChI=1S/2In.11O.2Sn.2Ti/q2*+3;11*-2;4*+4. The molecule has 0 aliphatic rings. The van der Waals surface area contributed by atoms with E-state index >= 15 is 0 Å². The predicted molar refractivity (Wildman–Crippen MR) is 30.6 cm³/mol. The maximum atomic E-state index is 0. The minimum Gasteiger partial charge on any atom is -2.00 e. The van der Waals surface area contributed by atoms with Gasteiger partial charge in [0.2, 0.25) is 0 Å². The summed E-state index contributed by atoms with van der Waals surface area (Å²) >= 11 is 0. The van der Waals surface area contributed by atoms with E-state index in [9.17, 15) is 0 Å². The Kier molecular flexibility index (Phi) is 11200. The van der Waals surface area contributed by atoms with E-state index in [4.69, 9.17) is 0 Å². The molecule has 0 aromatic carbocycles. The molecule has 0 bridgehead atoms. The summed E-state index contributed by atoms with van der Waals surface area (Å²) in [6.45, 7) is 0. The fourth-order valence-corrected chi connectivity index (χ4v) is 0. The van der Waals surface area contributed by atoms with Crippen LogP contribution in [-0.2, 0) is 104 Å². The molecule has 0 N–H and O–H groups in total. The molecule has 0 saturated heterocycles. The van der Waals surface area contributed by atoms with Gasteiger partial charge in [0.15, 0.2) is 0 Å². The van der Waals surface area contributed by atoms with Crippen molar-refractivity contribution in [3.8, 4) is 0 Å². The zero-order valence-corrected chi connectivity index (χ0v) is 23.1. The first-order valence-corrected chi connectivity index (χ1v) is 0. The smallest absolute Gasteiger partial charge is 2.00 e. The Morgan fingerprint density at radius 1 is 0.235 bits per heavy atom. The van der Waals surface area contributed by atoms with Crippen molar-refractivity contribution >= 4 is 99.5 Å². The summed E-state index contributed by atoms with van der Waals surface area (Å²) in [5.74, 6) is 0. The first-order valence-electron chi connectivity index (χ1n) is 0. The quantitative estimate of drug-likeness (QED) is 0.227. The third kappa shape index (κ3) is 365. The Bertz CT molecular complexity index is 25.4. The summed E-state index contributed by atoms with van der Waals surface area (Å²) in [5, 5.41) is 0. The molecule has 0 atom stereocenters. The van der Waals surface area contributed by atoms with Crippen molar-refractivity contribution in [3.63, 3.8) is 0 Å². The monoisotopic (exact) mass is 741 g/mol. The molecule has 17 heteroatoms. The Balaban J connectivity index is 0. The van der Waals surface area contributed by atoms with Crippen LogP contribution in [0.2, 0.25) is 0 Å². The molecule has 0 aliphatic carbocycles. The minimum absolute atomic E-state index is 0. The van der Waals surface area contributed by atoms with Gasteiger partial charge in [0.05, 0.1) is 0 Å². The minimum atomic E-state index is 0. The molecular formula is In2O11Sn2Ti2.